The van der Waals surface area contributed by atoms with Gasteiger partial charge in [0, 0.05) is 30.0 Å². The first kappa shape index (κ1) is 12.5. The van der Waals surface area contributed by atoms with E-state index in [-0.39, 0.29) is 5.54 Å². The average Bonchev–Trinajstić information content (AvgIpc) is 2.36. The number of rotatable bonds is 4. The van der Waals surface area contributed by atoms with Crippen molar-refractivity contribution in [2.75, 3.05) is 13.2 Å². The highest BCUT2D eigenvalue weighted by atomic mass is 16.5. The molecule has 94 valence electrons. The first-order valence-electron chi connectivity index (χ1n) is 6.45. The van der Waals surface area contributed by atoms with Crippen LogP contribution in [0.4, 0.5) is 0 Å². The van der Waals surface area contributed by atoms with Crippen LogP contribution < -0.4 is 5.73 Å². The predicted molar refractivity (Wildman–Crippen MR) is 69.0 cm³/mol. The largest absolute Gasteiger partial charge is 0.380 e. The van der Waals surface area contributed by atoms with Gasteiger partial charge >= 0.3 is 0 Å². The van der Waals surface area contributed by atoms with Crippen molar-refractivity contribution in [3.05, 3.63) is 29.6 Å². The Labute approximate surface area is 103 Å². The zero-order chi connectivity index (χ0) is 12.3. The van der Waals surface area contributed by atoms with Crippen LogP contribution in [-0.4, -0.2) is 23.7 Å². The highest BCUT2D eigenvalue weighted by molar-refractivity contribution is 5.28. The lowest BCUT2D eigenvalue weighted by Crippen LogP contribution is -2.48. The molecule has 0 saturated carbocycles. The van der Waals surface area contributed by atoms with Gasteiger partial charge in [-0.3, -0.25) is 4.98 Å². The van der Waals surface area contributed by atoms with Gasteiger partial charge in [0.05, 0.1) is 6.61 Å². The van der Waals surface area contributed by atoms with Crippen molar-refractivity contribution in [1.82, 2.24) is 4.98 Å². The smallest absolute Gasteiger partial charge is 0.0649 e. The Morgan fingerprint density at radius 3 is 3.18 bits per heavy atom. The van der Waals surface area contributed by atoms with Crippen molar-refractivity contribution in [2.24, 2.45) is 5.73 Å². The van der Waals surface area contributed by atoms with E-state index in [1.165, 1.54) is 17.7 Å². The lowest BCUT2D eigenvalue weighted by atomic mass is 9.75. The van der Waals surface area contributed by atoms with Crippen LogP contribution in [0.5, 0.6) is 0 Å². The summed E-state index contributed by atoms with van der Waals surface area (Å²) >= 11 is 0. The average molecular weight is 234 g/mol. The Hall–Kier alpha value is -0.930. The molecule has 3 nitrogen and oxygen atoms in total. The van der Waals surface area contributed by atoms with Crippen LogP contribution in [0.3, 0.4) is 0 Å². The maximum atomic E-state index is 6.43. The molecule has 3 heteroatoms. The van der Waals surface area contributed by atoms with E-state index >= 15 is 0 Å². The van der Waals surface area contributed by atoms with E-state index < -0.39 is 0 Å². The summed E-state index contributed by atoms with van der Waals surface area (Å²) < 4.78 is 5.51. The van der Waals surface area contributed by atoms with Crippen LogP contribution in [0, 0.1) is 0 Å². The van der Waals surface area contributed by atoms with E-state index in [1.54, 1.807) is 0 Å². The van der Waals surface area contributed by atoms with Crippen LogP contribution >= 0.6 is 0 Å². The van der Waals surface area contributed by atoms with E-state index in [4.69, 9.17) is 10.5 Å². The molecule has 0 aromatic carbocycles. The van der Waals surface area contributed by atoms with Gasteiger partial charge in [-0.05, 0) is 44.7 Å². The Kier molecular flexibility index (Phi) is 3.79. The van der Waals surface area contributed by atoms with Crippen LogP contribution in [0.2, 0.25) is 0 Å². The Morgan fingerprint density at radius 2 is 2.41 bits per heavy atom. The quantitative estimate of drug-likeness (QED) is 0.869. The summed E-state index contributed by atoms with van der Waals surface area (Å²) in [6.45, 7) is 5.40. The Bertz CT molecular complexity index is 376. The SMILES string of the molecule is CCOCC(C)(N)C1CCCc2cccnc21. The van der Waals surface area contributed by atoms with Crippen LogP contribution in [0.1, 0.15) is 43.9 Å². The number of nitrogens with two attached hydrogens (primary N) is 1. The van der Waals surface area contributed by atoms with Crippen molar-refractivity contribution in [3.63, 3.8) is 0 Å². The number of pyridine rings is 1. The fraction of sp³-hybridized carbons (Fsp3) is 0.643. The summed E-state index contributed by atoms with van der Waals surface area (Å²) in [5.74, 6) is 0.319. The molecule has 0 spiro atoms. The monoisotopic (exact) mass is 234 g/mol. The Balaban J connectivity index is 2.22. The summed E-state index contributed by atoms with van der Waals surface area (Å²) in [5.41, 5.74) is 8.65. The van der Waals surface area contributed by atoms with Gasteiger partial charge in [0.1, 0.15) is 0 Å². The molecule has 2 N–H and O–H groups in total. The molecule has 1 heterocycles. The molecule has 1 aromatic heterocycles. The second-order valence-electron chi connectivity index (χ2n) is 5.14. The van der Waals surface area contributed by atoms with Gasteiger partial charge in [-0.15, -0.1) is 0 Å². The second kappa shape index (κ2) is 5.15. The molecule has 1 aliphatic carbocycles. The first-order valence-corrected chi connectivity index (χ1v) is 6.45. The molecule has 0 fully saturated rings. The zero-order valence-electron chi connectivity index (χ0n) is 10.8. The van der Waals surface area contributed by atoms with E-state index in [1.807, 2.05) is 19.2 Å². The number of hydrogen-bond donors (Lipinski definition) is 1. The van der Waals surface area contributed by atoms with Crippen LogP contribution in [-0.2, 0) is 11.2 Å². The third-order valence-electron chi connectivity index (χ3n) is 3.61. The van der Waals surface area contributed by atoms with Crippen molar-refractivity contribution in [1.29, 1.82) is 0 Å². The lowest BCUT2D eigenvalue weighted by Gasteiger charge is -2.37. The van der Waals surface area contributed by atoms with Gasteiger partial charge in [0.25, 0.3) is 0 Å². The minimum Gasteiger partial charge on any atom is -0.380 e. The molecular formula is C14H22N2O. The van der Waals surface area contributed by atoms with Gasteiger partial charge in [-0.2, -0.15) is 0 Å². The molecule has 2 atom stereocenters. The van der Waals surface area contributed by atoms with E-state index in [2.05, 4.69) is 18.0 Å². The number of fused-ring (bicyclic) bond motifs is 1. The molecule has 17 heavy (non-hydrogen) atoms. The maximum Gasteiger partial charge on any atom is 0.0649 e. The summed E-state index contributed by atoms with van der Waals surface area (Å²) in [7, 11) is 0. The van der Waals surface area contributed by atoms with Crippen molar-refractivity contribution >= 4 is 0 Å². The first-order chi connectivity index (χ1) is 8.15. The van der Waals surface area contributed by atoms with Gasteiger partial charge < -0.3 is 10.5 Å². The highest BCUT2D eigenvalue weighted by Crippen LogP contribution is 2.36. The van der Waals surface area contributed by atoms with Crippen molar-refractivity contribution < 1.29 is 4.74 Å². The summed E-state index contributed by atoms with van der Waals surface area (Å²) in [4.78, 5) is 4.54. The molecular weight excluding hydrogens is 212 g/mol. The molecule has 0 bridgehead atoms. The highest BCUT2D eigenvalue weighted by Gasteiger charge is 2.35. The third kappa shape index (κ3) is 2.67. The zero-order valence-corrected chi connectivity index (χ0v) is 10.8. The van der Waals surface area contributed by atoms with Crippen LogP contribution in [0.25, 0.3) is 0 Å². The van der Waals surface area contributed by atoms with E-state index in [9.17, 15) is 0 Å². The minimum atomic E-state index is -0.320. The Morgan fingerprint density at radius 1 is 1.59 bits per heavy atom. The molecule has 1 aromatic rings. The topological polar surface area (TPSA) is 48.1 Å². The molecule has 0 amide bonds. The van der Waals surface area contributed by atoms with Crippen molar-refractivity contribution in [2.45, 2.75) is 44.6 Å². The number of aromatic nitrogens is 1. The molecule has 0 radical (unpaired) electrons. The molecule has 0 saturated heterocycles. The van der Waals surface area contributed by atoms with Crippen LogP contribution in [0.15, 0.2) is 18.3 Å². The standard InChI is InChI=1S/C14H22N2O/c1-3-17-10-14(2,15)12-8-4-6-11-7-5-9-16-13(11)12/h5,7,9,12H,3-4,6,8,10,15H2,1-2H3. The molecule has 0 aliphatic heterocycles. The normalized spacial score (nSPS) is 22.9. The van der Waals surface area contributed by atoms with Crippen molar-refractivity contribution in [3.8, 4) is 0 Å². The fourth-order valence-corrected chi connectivity index (χ4v) is 2.67. The fourth-order valence-electron chi connectivity index (χ4n) is 2.67. The summed E-state index contributed by atoms with van der Waals surface area (Å²) in [6.07, 6.45) is 5.31. The van der Waals surface area contributed by atoms with Gasteiger partial charge in [0.2, 0.25) is 0 Å². The summed E-state index contributed by atoms with van der Waals surface area (Å²) in [6, 6.07) is 4.18. The summed E-state index contributed by atoms with van der Waals surface area (Å²) in [5, 5.41) is 0. The number of nitrogens with zero attached hydrogens (tertiary/aromatic N) is 1. The van der Waals surface area contributed by atoms with E-state index in [0.29, 0.717) is 19.1 Å². The lowest BCUT2D eigenvalue weighted by molar-refractivity contribution is 0.0855. The molecule has 2 rings (SSSR count). The predicted octanol–water partition coefficient (Wildman–Crippen LogP) is 2.26. The van der Waals surface area contributed by atoms with E-state index in [0.717, 1.165) is 12.8 Å². The molecule has 2 unspecified atom stereocenters. The van der Waals surface area contributed by atoms with Gasteiger partial charge in [0.15, 0.2) is 0 Å². The maximum absolute atomic E-state index is 6.43. The number of ether oxygens (including phenoxy) is 1. The molecule has 1 aliphatic rings. The number of hydrogen-bond acceptors (Lipinski definition) is 3. The minimum absolute atomic E-state index is 0.319. The number of aryl methyl sites for hydroxylation is 1. The van der Waals surface area contributed by atoms with Gasteiger partial charge in [-0.1, -0.05) is 6.07 Å². The second-order valence-corrected chi connectivity index (χ2v) is 5.14. The third-order valence-corrected chi connectivity index (χ3v) is 3.61. The van der Waals surface area contributed by atoms with Gasteiger partial charge in [-0.25, -0.2) is 0 Å².